The monoisotopic (exact) mass is 263 g/mol. The van der Waals surface area contributed by atoms with Crippen molar-refractivity contribution in [3.63, 3.8) is 0 Å². The summed E-state index contributed by atoms with van der Waals surface area (Å²) in [5.41, 5.74) is 1.44. The number of anilines is 2. The lowest BCUT2D eigenvalue weighted by Crippen LogP contribution is -2.44. The van der Waals surface area contributed by atoms with Gasteiger partial charge in [-0.1, -0.05) is 0 Å². The molecule has 1 aliphatic heterocycles. The summed E-state index contributed by atoms with van der Waals surface area (Å²) in [6, 6.07) is 1.84. The van der Waals surface area contributed by atoms with Crippen LogP contribution in [0.1, 0.15) is 0 Å². The first-order valence-electron chi connectivity index (χ1n) is 6.15. The van der Waals surface area contributed by atoms with Crippen LogP contribution in [0.15, 0.2) is 18.5 Å². The van der Waals surface area contributed by atoms with Gasteiger partial charge in [0.05, 0.1) is 17.6 Å². The second kappa shape index (κ2) is 6.14. The molecule has 19 heavy (non-hydrogen) atoms. The Morgan fingerprint density at radius 1 is 1.32 bits per heavy atom. The lowest BCUT2D eigenvalue weighted by molar-refractivity contribution is -0.135. The number of carbonyl (C=O) groups is 2. The molecule has 1 saturated heterocycles. The molecule has 2 amide bonds. The molecule has 1 aliphatic rings. The minimum atomic E-state index is -0.688. The van der Waals surface area contributed by atoms with Crippen LogP contribution in [-0.2, 0) is 9.59 Å². The molecule has 1 aromatic rings. The molecular weight excluding hydrogens is 246 g/mol. The Labute approximate surface area is 111 Å². The Kier molecular flexibility index (Phi) is 4.30. The average Bonchev–Trinajstić information content (AvgIpc) is 2.47. The fourth-order valence-corrected chi connectivity index (χ4v) is 1.96. The molecular formula is C12H17N5O2. The number of hydrogen-bond donors (Lipinski definition) is 3. The van der Waals surface area contributed by atoms with E-state index in [1.807, 2.05) is 6.07 Å². The summed E-state index contributed by atoms with van der Waals surface area (Å²) in [4.78, 5) is 29.0. The molecule has 0 unspecified atom stereocenters. The van der Waals surface area contributed by atoms with Crippen LogP contribution in [0.5, 0.6) is 0 Å². The zero-order chi connectivity index (χ0) is 13.7. The molecule has 0 aliphatic carbocycles. The molecule has 102 valence electrons. The van der Waals surface area contributed by atoms with Gasteiger partial charge in [0.15, 0.2) is 0 Å². The van der Waals surface area contributed by atoms with Crippen LogP contribution >= 0.6 is 0 Å². The van der Waals surface area contributed by atoms with Crippen molar-refractivity contribution in [2.75, 3.05) is 43.4 Å². The van der Waals surface area contributed by atoms with E-state index in [0.29, 0.717) is 5.69 Å². The van der Waals surface area contributed by atoms with Gasteiger partial charge in [0, 0.05) is 39.4 Å². The van der Waals surface area contributed by atoms with Gasteiger partial charge in [-0.05, 0) is 6.07 Å². The smallest absolute Gasteiger partial charge is 0.313 e. The van der Waals surface area contributed by atoms with Crippen molar-refractivity contribution in [1.82, 2.24) is 15.6 Å². The van der Waals surface area contributed by atoms with Crippen LogP contribution in [0.3, 0.4) is 0 Å². The molecule has 7 nitrogen and oxygen atoms in total. The van der Waals surface area contributed by atoms with E-state index >= 15 is 0 Å². The molecule has 0 atom stereocenters. The molecule has 0 bridgehead atoms. The molecule has 2 rings (SSSR count). The van der Waals surface area contributed by atoms with Gasteiger partial charge in [-0.3, -0.25) is 14.6 Å². The van der Waals surface area contributed by atoms with E-state index < -0.39 is 11.8 Å². The lowest BCUT2D eigenvalue weighted by Gasteiger charge is -2.30. The molecule has 1 fully saturated rings. The zero-order valence-corrected chi connectivity index (χ0v) is 10.8. The predicted molar refractivity (Wildman–Crippen MR) is 72.0 cm³/mol. The average molecular weight is 263 g/mol. The lowest BCUT2D eigenvalue weighted by atomic mass is 10.2. The van der Waals surface area contributed by atoms with E-state index in [2.05, 4.69) is 25.8 Å². The van der Waals surface area contributed by atoms with Gasteiger partial charge in [0.2, 0.25) is 0 Å². The highest BCUT2D eigenvalue weighted by Gasteiger charge is 2.18. The number of nitrogens with zero attached hydrogens (tertiary/aromatic N) is 2. The standard InChI is InChI=1S/C12H17N5O2/c1-13-11(18)12(19)16-9-8-15-3-2-10(9)17-6-4-14-5-7-17/h2-3,8,14H,4-7H2,1H3,(H,13,18)(H,16,19). The number of carbonyl (C=O) groups excluding carboxylic acids is 2. The number of pyridine rings is 1. The minimum Gasteiger partial charge on any atom is -0.367 e. The van der Waals surface area contributed by atoms with Crippen molar-refractivity contribution in [2.24, 2.45) is 0 Å². The van der Waals surface area contributed by atoms with Crippen molar-refractivity contribution in [1.29, 1.82) is 0 Å². The quantitative estimate of drug-likeness (QED) is 0.607. The summed E-state index contributed by atoms with van der Waals surface area (Å²) in [7, 11) is 1.42. The predicted octanol–water partition coefficient (Wildman–Crippen LogP) is -0.824. The van der Waals surface area contributed by atoms with Crippen molar-refractivity contribution in [3.05, 3.63) is 18.5 Å². The number of rotatable bonds is 2. The fourth-order valence-electron chi connectivity index (χ4n) is 1.96. The number of piperazine rings is 1. The van der Waals surface area contributed by atoms with E-state index in [9.17, 15) is 9.59 Å². The van der Waals surface area contributed by atoms with Gasteiger partial charge in [0.1, 0.15) is 0 Å². The Balaban J connectivity index is 2.16. The van der Waals surface area contributed by atoms with E-state index in [0.717, 1.165) is 31.9 Å². The topological polar surface area (TPSA) is 86.4 Å². The Hall–Kier alpha value is -2.15. The minimum absolute atomic E-state index is 0.554. The normalized spacial score (nSPS) is 14.9. The number of nitrogens with one attached hydrogen (secondary N) is 3. The Bertz CT molecular complexity index is 471. The molecule has 0 radical (unpaired) electrons. The molecule has 0 aromatic carbocycles. The van der Waals surface area contributed by atoms with Crippen LogP contribution < -0.4 is 20.9 Å². The van der Waals surface area contributed by atoms with Crippen molar-refractivity contribution in [2.45, 2.75) is 0 Å². The van der Waals surface area contributed by atoms with Crippen LogP contribution in [0.4, 0.5) is 11.4 Å². The SMILES string of the molecule is CNC(=O)C(=O)Nc1cnccc1N1CCNCC1. The van der Waals surface area contributed by atoms with Crippen molar-refractivity contribution in [3.8, 4) is 0 Å². The van der Waals surface area contributed by atoms with Crippen LogP contribution in [0.2, 0.25) is 0 Å². The number of hydrogen-bond acceptors (Lipinski definition) is 5. The van der Waals surface area contributed by atoms with Gasteiger partial charge >= 0.3 is 11.8 Å². The largest absolute Gasteiger partial charge is 0.367 e. The summed E-state index contributed by atoms with van der Waals surface area (Å²) in [6.07, 6.45) is 3.23. The second-order valence-electron chi connectivity index (χ2n) is 4.16. The Morgan fingerprint density at radius 3 is 2.74 bits per heavy atom. The van der Waals surface area contributed by atoms with Gasteiger partial charge in [0.25, 0.3) is 0 Å². The van der Waals surface area contributed by atoms with Crippen LogP contribution in [-0.4, -0.2) is 50.0 Å². The molecule has 2 heterocycles. The van der Waals surface area contributed by atoms with Gasteiger partial charge in [-0.15, -0.1) is 0 Å². The zero-order valence-electron chi connectivity index (χ0n) is 10.8. The molecule has 1 aromatic heterocycles. The second-order valence-corrected chi connectivity index (χ2v) is 4.16. The third-order valence-corrected chi connectivity index (χ3v) is 2.94. The third-order valence-electron chi connectivity index (χ3n) is 2.94. The highest BCUT2D eigenvalue weighted by molar-refractivity contribution is 6.39. The number of aromatic nitrogens is 1. The van der Waals surface area contributed by atoms with Gasteiger partial charge in [-0.25, -0.2) is 0 Å². The third kappa shape index (κ3) is 3.19. The van der Waals surface area contributed by atoms with Gasteiger partial charge < -0.3 is 20.9 Å². The Morgan fingerprint density at radius 2 is 2.05 bits per heavy atom. The number of amides is 2. The molecule has 0 spiro atoms. The van der Waals surface area contributed by atoms with E-state index in [-0.39, 0.29) is 0 Å². The molecule has 0 saturated carbocycles. The number of likely N-dealkylation sites (N-methyl/N-ethyl adjacent to an activating group) is 1. The van der Waals surface area contributed by atoms with E-state index in [4.69, 9.17) is 0 Å². The highest BCUT2D eigenvalue weighted by atomic mass is 16.2. The first-order chi connectivity index (χ1) is 9.22. The summed E-state index contributed by atoms with van der Waals surface area (Å²) in [6.45, 7) is 3.50. The molecule has 7 heteroatoms. The first kappa shape index (κ1) is 13.3. The maximum atomic E-state index is 11.6. The summed E-state index contributed by atoms with van der Waals surface area (Å²) < 4.78 is 0. The van der Waals surface area contributed by atoms with E-state index in [1.54, 1.807) is 12.4 Å². The van der Waals surface area contributed by atoms with E-state index in [1.165, 1.54) is 7.05 Å². The maximum Gasteiger partial charge on any atom is 0.313 e. The fraction of sp³-hybridized carbons (Fsp3) is 0.417. The highest BCUT2D eigenvalue weighted by Crippen LogP contribution is 2.24. The van der Waals surface area contributed by atoms with Crippen molar-refractivity contribution >= 4 is 23.2 Å². The molecule has 3 N–H and O–H groups in total. The first-order valence-corrected chi connectivity index (χ1v) is 6.15. The summed E-state index contributed by atoms with van der Waals surface area (Å²) in [5.74, 6) is -1.36. The summed E-state index contributed by atoms with van der Waals surface area (Å²) >= 11 is 0. The van der Waals surface area contributed by atoms with Gasteiger partial charge in [-0.2, -0.15) is 0 Å². The van der Waals surface area contributed by atoms with Crippen molar-refractivity contribution < 1.29 is 9.59 Å². The van der Waals surface area contributed by atoms with Crippen LogP contribution in [0.25, 0.3) is 0 Å². The maximum absolute atomic E-state index is 11.6. The summed E-state index contributed by atoms with van der Waals surface area (Å²) in [5, 5.41) is 8.14. The van der Waals surface area contributed by atoms with Crippen LogP contribution in [0, 0.1) is 0 Å².